The van der Waals surface area contributed by atoms with Gasteiger partial charge in [-0.1, -0.05) is 6.07 Å². The summed E-state index contributed by atoms with van der Waals surface area (Å²) < 4.78 is 5.57. The Morgan fingerprint density at radius 2 is 2.17 bits per heavy atom. The fourth-order valence-corrected chi connectivity index (χ4v) is 3.73. The number of likely N-dealkylation sites (tertiary alicyclic amines) is 1. The smallest absolute Gasteiger partial charge is 0.264 e. The number of nitrogens with zero attached hydrogens (tertiary/aromatic N) is 1. The summed E-state index contributed by atoms with van der Waals surface area (Å²) in [5, 5.41) is 4.87. The molecule has 6 heteroatoms. The van der Waals surface area contributed by atoms with Gasteiger partial charge in [-0.3, -0.25) is 9.59 Å². The number of hydrogen-bond donors (Lipinski definition) is 1. The van der Waals surface area contributed by atoms with Crippen LogP contribution in [0.2, 0.25) is 0 Å². The number of carbonyl (C=O) groups is 2. The Hall–Kier alpha value is -2.08. The van der Waals surface area contributed by atoms with Gasteiger partial charge in [0.25, 0.3) is 5.91 Å². The van der Waals surface area contributed by atoms with Gasteiger partial charge in [-0.15, -0.1) is 11.3 Å². The molecule has 1 saturated heterocycles. The fourth-order valence-electron chi connectivity index (χ4n) is 3.06. The molecule has 0 bridgehead atoms. The third kappa shape index (κ3) is 3.53. The zero-order chi connectivity index (χ0) is 17.1. The predicted molar refractivity (Wildman–Crippen MR) is 93.0 cm³/mol. The van der Waals surface area contributed by atoms with E-state index >= 15 is 0 Å². The van der Waals surface area contributed by atoms with Gasteiger partial charge < -0.3 is 14.6 Å². The van der Waals surface area contributed by atoms with E-state index in [2.05, 4.69) is 5.32 Å². The van der Waals surface area contributed by atoms with Crippen molar-refractivity contribution >= 4 is 23.2 Å². The molecule has 2 aromatic heterocycles. The summed E-state index contributed by atoms with van der Waals surface area (Å²) in [6, 6.07) is 6.79. The minimum atomic E-state index is -0.410. The normalized spacial score (nSPS) is 19.1. The molecular weight excluding hydrogens is 324 g/mol. The Balaban J connectivity index is 1.70. The second kappa shape index (κ2) is 7.21. The lowest BCUT2D eigenvalue weighted by atomic mass is 10.0. The minimum Gasteiger partial charge on any atom is -0.464 e. The maximum Gasteiger partial charge on any atom is 0.264 e. The molecule has 0 saturated carbocycles. The quantitative estimate of drug-likeness (QED) is 0.921. The number of carbonyl (C=O) groups excluding carboxylic acids is 2. The van der Waals surface area contributed by atoms with E-state index in [-0.39, 0.29) is 17.9 Å². The van der Waals surface area contributed by atoms with Crippen LogP contribution in [-0.4, -0.2) is 29.3 Å². The van der Waals surface area contributed by atoms with Gasteiger partial charge >= 0.3 is 0 Å². The van der Waals surface area contributed by atoms with Crippen molar-refractivity contribution in [2.75, 3.05) is 6.54 Å². The van der Waals surface area contributed by atoms with Crippen molar-refractivity contribution in [1.82, 2.24) is 10.2 Å². The molecule has 2 atom stereocenters. The van der Waals surface area contributed by atoms with Gasteiger partial charge in [0.2, 0.25) is 5.91 Å². The van der Waals surface area contributed by atoms with Crippen molar-refractivity contribution < 1.29 is 14.0 Å². The van der Waals surface area contributed by atoms with Gasteiger partial charge in [0, 0.05) is 6.54 Å². The second-order valence-electron chi connectivity index (χ2n) is 6.17. The first-order valence-electron chi connectivity index (χ1n) is 8.27. The zero-order valence-corrected chi connectivity index (χ0v) is 14.8. The SMILES string of the molecule is Cc1ccc(C(C)NC(=O)C2CCCCN2C(=O)c2cccs2)o1. The van der Waals surface area contributed by atoms with Gasteiger partial charge in [0.05, 0.1) is 10.9 Å². The first kappa shape index (κ1) is 16.8. The van der Waals surface area contributed by atoms with Crippen LogP contribution in [0, 0.1) is 6.92 Å². The number of amides is 2. The summed E-state index contributed by atoms with van der Waals surface area (Å²) in [7, 11) is 0. The standard InChI is InChI=1S/C18H22N2O3S/c1-12-8-9-15(23-12)13(2)19-17(21)14-6-3-4-10-20(14)18(22)16-7-5-11-24-16/h5,7-9,11,13-14H,3-4,6,10H2,1-2H3,(H,19,21). The summed E-state index contributed by atoms with van der Waals surface area (Å²) >= 11 is 1.41. The molecule has 1 N–H and O–H groups in total. The van der Waals surface area contributed by atoms with Crippen molar-refractivity contribution in [1.29, 1.82) is 0 Å². The molecule has 3 heterocycles. The van der Waals surface area contributed by atoms with Crippen LogP contribution in [0.1, 0.15) is 53.4 Å². The molecule has 0 aliphatic carbocycles. The van der Waals surface area contributed by atoms with Gasteiger partial charge in [0.1, 0.15) is 17.6 Å². The maximum absolute atomic E-state index is 12.7. The Morgan fingerprint density at radius 3 is 2.83 bits per heavy atom. The summed E-state index contributed by atoms with van der Waals surface area (Å²) in [5.41, 5.74) is 0. The van der Waals surface area contributed by atoms with Gasteiger partial charge in [-0.25, -0.2) is 0 Å². The van der Waals surface area contributed by atoms with E-state index < -0.39 is 6.04 Å². The largest absolute Gasteiger partial charge is 0.464 e. The van der Waals surface area contributed by atoms with Crippen LogP contribution in [0.15, 0.2) is 34.1 Å². The second-order valence-corrected chi connectivity index (χ2v) is 7.11. The zero-order valence-electron chi connectivity index (χ0n) is 14.0. The molecule has 1 fully saturated rings. The molecule has 24 heavy (non-hydrogen) atoms. The van der Waals surface area contributed by atoms with Crippen molar-refractivity contribution in [3.63, 3.8) is 0 Å². The number of aryl methyl sites for hydroxylation is 1. The highest BCUT2D eigenvalue weighted by molar-refractivity contribution is 7.12. The molecule has 5 nitrogen and oxygen atoms in total. The number of rotatable bonds is 4. The average Bonchev–Trinajstić information content (AvgIpc) is 3.25. The highest BCUT2D eigenvalue weighted by Gasteiger charge is 2.33. The Bertz CT molecular complexity index is 708. The van der Waals surface area contributed by atoms with Gasteiger partial charge in [0.15, 0.2) is 0 Å². The monoisotopic (exact) mass is 346 g/mol. The molecule has 1 aliphatic rings. The molecule has 128 valence electrons. The third-order valence-corrected chi connectivity index (χ3v) is 5.20. The molecule has 2 amide bonds. The summed E-state index contributed by atoms with van der Waals surface area (Å²) in [5.74, 6) is 1.39. The Kier molecular flexibility index (Phi) is 5.04. The molecule has 2 aromatic rings. The highest BCUT2D eigenvalue weighted by atomic mass is 32.1. The van der Waals surface area contributed by atoms with E-state index in [9.17, 15) is 9.59 Å². The van der Waals surface area contributed by atoms with Crippen LogP contribution in [0.5, 0.6) is 0 Å². The van der Waals surface area contributed by atoms with E-state index in [0.717, 1.165) is 24.4 Å². The van der Waals surface area contributed by atoms with Crippen molar-refractivity contribution in [3.05, 3.63) is 46.0 Å². The number of thiophene rings is 1. The molecule has 0 spiro atoms. The van der Waals surface area contributed by atoms with E-state index in [0.29, 0.717) is 17.8 Å². The first-order valence-corrected chi connectivity index (χ1v) is 9.15. The molecule has 3 rings (SSSR count). The van der Waals surface area contributed by atoms with Crippen molar-refractivity contribution in [2.45, 2.75) is 45.2 Å². The molecule has 1 aliphatic heterocycles. The van der Waals surface area contributed by atoms with E-state index in [1.54, 1.807) is 4.90 Å². The van der Waals surface area contributed by atoms with Crippen molar-refractivity contribution in [3.8, 4) is 0 Å². The summed E-state index contributed by atoms with van der Waals surface area (Å²) in [4.78, 5) is 27.8. The lowest BCUT2D eigenvalue weighted by molar-refractivity contribution is -0.127. The lowest BCUT2D eigenvalue weighted by Gasteiger charge is -2.35. The number of furan rings is 1. The van der Waals surface area contributed by atoms with Crippen LogP contribution in [0.25, 0.3) is 0 Å². The lowest BCUT2D eigenvalue weighted by Crippen LogP contribution is -2.52. The molecular formula is C18H22N2O3S. The molecule has 2 unspecified atom stereocenters. The van der Waals surface area contributed by atoms with E-state index in [1.165, 1.54) is 11.3 Å². The topological polar surface area (TPSA) is 62.6 Å². The number of nitrogens with one attached hydrogen (secondary N) is 1. The summed E-state index contributed by atoms with van der Waals surface area (Å²) in [6.45, 7) is 4.40. The van der Waals surface area contributed by atoms with Crippen LogP contribution >= 0.6 is 11.3 Å². The maximum atomic E-state index is 12.7. The van der Waals surface area contributed by atoms with Gasteiger partial charge in [-0.2, -0.15) is 0 Å². The van der Waals surface area contributed by atoms with E-state index in [4.69, 9.17) is 4.42 Å². The number of hydrogen-bond acceptors (Lipinski definition) is 4. The Morgan fingerprint density at radius 1 is 1.33 bits per heavy atom. The van der Waals surface area contributed by atoms with Crippen LogP contribution in [0.3, 0.4) is 0 Å². The van der Waals surface area contributed by atoms with E-state index in [1.807, 2.05) is 43.5 Å². The highest BCUT2D eigenvalue weighted by Crippen LogP contribution is 2.23. The van der Waals surface area contributed by atoms with Crippen LogP contribution < -0.4 is 5.32 Å². The fraction of sp³-hybridized carbons (Fsp3) is 0.444. The van der Waals surface area contributed by atoms with Gasteiger partial charge in [-0.05, 0) is 56.7 Å². The number of piperidine rings is 1. The minimum absolute atomic E-state index is 0.0497. The average molecular weight is 346 g/mol. The van der Waals surface area contributed by atoms with Crippen molar-refractivity contribution in [2.24, 2.45) is 0 Å². The third-order valence-electron chi connectivity index (χ3n) is 4.34. The summed E-state index contributed by atoms with van der Waals surface area (Å²) in [6.07, 6.45) is 2.60. The predicted octanol–water partition coefficient (Wildman–Crippen LogP) is 3.52. The van der Waals surface area contributed by atoms with Crippen LogP contribution in [-0.2, 0) is 4.79 Å². The molecule has 0 radical (unpaired) electrons. The first-order chi connectivity index (χ1) is 11.6. The van der Waals surface area contributed by atoms with Crippen LogP contribution in [0.4, 0.5) is 0 Å². The Labute approximate surface area is 145 Å². The molecule has 0 aromatic carbocycles.